The highest BCUT2D eigenvalue weighted by atomic mass is 35.5. The number of carbonyl (C=O) groups is 2. The van der Waals surface area contributed by atoms with Crippen molar-refractivity contribution in [1.29, 1.82) is 0 Å². The molecule has 388 valence electrons. The number of carbonyl (C=O) groups excluding carboxylic acids is 2. The molecule has 0 bridgehead atoms. The Morgan fingerprint density at radius 2 is 0.829 bits per heavy atom. The minimum absolute atomic E-state index is 0.00310. The molecule has 70 heavy (non-hydrogen) atoms. The van der Waals surface area contributed by atoms with E-state index in [0.717, 1.165) is 24.3 Å². The van der Waals surface area contributed by atoms with Crippen molar-refractivity contribution in [3.63, 3.8) is 0 Å². The molecule has 4 rings (SSSR count). The first-order valence-electron chi connectivity index (χ1n) is 19.7. The van der Waals surface area contributed by atoms with Crippen LogP contribution in [0.5, 0.6) is 11.5 Å². The van der Waals surface area contributed by atoms with Gasteiger partial charge in [-0.15, -0.1) is 0 Å². The summed E-state index contributed by atoms with van der Waals surface area (Å²) in [5, 5.41) is 3.71. The van der Waals surface area contributed by atoms with Crippen LogP contribution in [0.1, 0.15) is 43.0 Å². The van der Waals surface area contributed by atoms with Crippen LogP contribution in [0.25, 0.3) is 0 Å². The number of anilines is 2. The number of nitrogens with one attached hydrogen (secondary N) is 2. The van der Waals surface area contributed by atoms with E-state index in [-0.39, 0.29) is 53.3 Å². The molecule has 30 heteroatoms. The van der Waals surface area contributed by atoms with Crippen LogP contribution >= 0.6 is 38.8 Å². The lowest BCUT2D eigenvalue weighted by atomic mass is 10.1. The van der Waals surface area contributed by atoms with Gasteiger partial charge in [-0.05, 0) is 84.9 Å². The third-order valence-corrected chi connectivity index (χ3v) is 14.4. The summed E-state index contributed by atoms with van der Waals surface area (Å²) in [5.74, 6) is -3.52. The number of hydrogen-bond acceptors (Lipinski definition) is 8. The van der Waals surface area contributed by atoms with Crippen molar-refractivity contribution in [2.45, 2.75) is 76.1 Å². The Morgan fingerprint density at radius 1 is 0.529 bits per heavy atom. The van der Waals surface area contributed by atoms with Crippen molar-refractivity contribution in [2.75, 3.05) is 23.8 Å². The molecule has 4 aromatic carbocycles. The lowest BCUT2D eigenvalue weighted by molar-refractivity contribution is -0.144. The van der Waals surface area contributed by atoms with Gasteiger partial charge in [-0.1, -0.05) is 62.5 Å². The summed E-state index contributed by atoms with van der Waals surface area (Å²) < 4.78 is 203. The smallest absolute Gasteiger partial charge is 0.403 e. The lowest BCUT2D eigenvalue weighted by Gasteiger charge is -2.23. The highest BCUT2D eigenvalue weighted by Crippen LogP contribution is 2.51. The third-order valence-electron chi connectivity index (χ3n) is 8.69. The van der Waals surface area contributed by atoms with Crippen molar-refractivity contribution in [2.24, 2.45) is 0 Å². The first kappa shape index (κ1) is 60.2. The SMILES string of the molecule is C[Si](C)(C)CCOP(=O)(OCC[Si](C)(C)C)Oc1ccc(Cl)cc1C(=O)Nc1cc(C(F)(F)F)cc(C(F)(F)F)c1.O=C(Nc1cc(C(F)(F)F)cc(C(F)(F)F)c1)c1cc(Cl)ccc1OP(=O)(O)O. The number of rotatable bonds is 16. The van der Waals surface area contributed by atoms with Gasteiger partial charge in [0.2, 0.25) is 0 Å². The zero-order valence-corrected chi connectivity index (χ0v) is 42.4. The molecule has 0 unspecified atom stereocenters. The summed E-state index contributed by atoms with van der Waals surface area (Å²) in [6, 6.07) is 8.69. The quantitative estimate of drug-likeness (QED) is 0.0481. The van der Waals surface area contributed by atoms with Gasteiger partial charge < -0.3 is 19.7 Å². The number of phosphoric ester groups is 2. The molecule has 4 aromatic rings. The number of phosphoric acid groups is 2. The third kappa shape index (κ3) is 20.2. The van der Waals surface area contributed by atoms with Crippen LogP contribution in [-0.2, 0) is 42.9 Å². The fourth-order valence-electron chi connectivity index (χ4n) is 5.24. The molecule has 0 spiro atoms. The normalized spacial score (nSPS) is 13.0. The Bertz CT molecular complexity index is 2530. The van der Waals surface area contributed by atoms with E-state index < -0.39 is 119 Å². The molecule has 0 saturated heterocycles. The van der Waals surface area contributed by atoms with Crippen LogP contribution in [0.15, 0.2) is 72.8 Å². The summed E-state index contributed by atoms with van der Waals surface area (Å²) in [6.45, 7) is 12.5. The Hall–Kier alpha value is -4.11. The molecule has 0 atom stereocenters. The van der Waals surface area contributed by atoms with Crippen molar-refractivity contribution in [3.8, 4) is 11.5 Å². The average Bonchev–Trinajstić information content (AvgIpc) is 3.16. The zero-order valence-electron chi connectivity index (χ0n) is 37.1. The van der Waals surface area contributed by atoms with Gasteiger partial charge in [0.1, 0.15) is 11.5 Å². The second-order valence-electron chi connectivity index (χ2n) is 17.2. The van der Waals surface area contributed by atoms with Crippen LogP contribution in [0, 0.1) is 0 Å². The van der Waals surface area contributed by atoms with Gasteiger partial charge in [-0.25, -0.2) is 9.13 Å². The summed E-state index contributed by atoms with van der Waals surface area (Å²) in [4.78, 5) is 43.2. The van der Waals surface area contributed by atoms with E-state index >= 15 is 0 Å². The van der Waals surface area contributed by atoms with E-state index in [2.05, 4.69) is 43.8 Å². The average molecular weight is 1130 g/mol. The largest absolute Gasteiger partial charge is 0.530 e. The molecule has 4 N–H and O–H groups in total. The maximum Gasteiger partial charge on any atom is 0.530 e. The molecule has 0 radical (unpaired) electrons. The standard InChI is InChI=1S/C25H33ClF6NO5PSi2.C15H9ClF6NO5P/c1-40(2,3)11-9-36-39(35,37-10-12-41(4,5)6)38-22-8-7-19(26)16-21(22)23(34)33-20-14-17(24(27,28)29)13-18(15-20)25(30,31)32;16-9-1-2-12(28-29(25,26)27)11(6-9)13(24)23-10-4-7(14(17,18)19)3-8(5-10)15(20,21)22/h7-8,13-16H,9-12H2,1-6H3,(H,33,34);1-6H,(H,23,24)(H2,25,26,27). The van der Waals surface area contributed by atoms with Crippen LogP contribution < -0.4 is 19.7 Å². The molecule has 0 aliphatic heterocycles. The zero-order chi connectivity index (χ0) is 53.6. The van der Waals surface area contributed by atoms with Crippen LogP contribution in [0.2, 0.25) is 61.4 Å². The Labute approximate surface area is 403 Å². The maximum atomic E-state index is 13.6. The fraction of sp³-hybridized carbons (Fsp3) is 0.350. The summed E-state index contributed by atoms with van der Waals surface area (Å²) in [6.07, 6.45) is -20.5. The minimum atomic E-state index is -5.13. The van der Waals surface area contributed by atoms with Crippen molar-refractivity contribution in [1.82, 2.24) is 0 Å². The lowest BCUT2D eigenvalue weighted by Crippen LogP contribution is -2.23. The van der Waals surface area contributed by atoms with E-state index in [4.69, 9.17) is 46.6 Å². The molecule has 0 fully saturated rings. The van der Waals surface area contributed by atoms with Crippen LogP contribution in [0.4, 0.5) is 64.1 Å². The highest BCUT2D eigenvalue weighted by Gasteiger charge is 2.39. The van der Waals surface area contributed by atoms with Gasteiger partial charge in [-0.3, -0.25) is 28.4 Å². The van der Waals surface area contributed by atoms with Crippen LogP contribution in [0.3, 0.4) is 0 Å². The number of hydrogen-bond donors (Lipinski definition) is 4. The van der Waals surface area contributed by atoms with Crippen molar-refractivity contribution in [3.05, 3.63) is 116 Å². The summed E-state index contributed by atoms with van der Waals surface area (Å²) >= 11 is 11.7. The molecule has 2 amide bonds. The van der Waals surface area contributed by atoms with Gasteiger partial charge in [-0.2, -0.15) is 52.7 Å². The minimum Gasteiger partial charge on any atom is -0.403 e. The van der Waals surface area contributed by atoms with Crippen molar-refractivity contribution >= 4 is 78.2 Å². The molecule has 0 aromatic heterocycles. The maximum absolute atomic E-state index is 13.6. The highest BCUT2D eigenvalue weighted by molar-refractivity contribution is 7.49. The molecule has 0 aliphatic carbocycles. The van der Waals surface area contributed by atoms with Gasteiger partial charge in [0.25, 0.3) is 11.8 Å². The number of benzene rings is 4. The summed E-state index contributed by atoms with van der Waals surface area (Å²) in [7, 11) is -12.7. The predicted molar refractivity (Wildman–Crippen MR) is 241 cm³/mol. The Morgan fingerprint density at radius 3 is 1.10 bits per heavy atom. The molecular formula is C40H42Cl2F12N2O10P2Si2. The van der Waals surface area contributed by atoms with E-state index in [1.807, 2.05) is 5.32 Å². The predicted octanol–water partition coefficient (Wildman–Crippen LogP) is 14.9. The Kier molecular flexibility index (Phi) is 19.6. The molecule has 0 saturated carbocycles. The van der Waals surface area contributed by atoms with E-state index in [1.165, 1.54) is 12.1 Å². The van der Waals surface area contributed by atoms with E-state index in [0.29, 0.717) is 24.2 Å². The number of alkyl halides is 12. The van der Waals surface area contributed by atoms with Gasteiger partial charge in [0, 0.05) is 37.6 Å². The molecular weight excluding hydrogens is 1090 g/mol. The molecule has 0 aliphatic rings. The Balaban J connectivity index is 0.000000392. The van der Waals surface area contributed by atoms with Crippen LogP contribution in [-0.4, -0.2) is 51.0 Å². The topological polar surface area (TPSA) is 170 Å². The second-order valence-corrected chi connectivity index (χ2v) is 32.1. The fourth-order valence-corrected chi connectivity index (χ4v) is 8.98. The first-order chi connectivity index (χ1) is 31.5. The first-order valence-corrected chi connectivity index (χ1v) is 30.8. The molecule has 12 nitrogen and oxygen atoms in total. The van der Waals surface area contributed by atoms with E-state index in [1.54, 1.807) is 5.32 Å². The van der Waals surface area contributed by atoms with Gasteiger partial charge in [0.15, 0.2) is 0 Å². The van der Waals surface area contributed by atoms with Crippen molar-refractivity contribution < 1.29 is 99.3 Å². The number of halogens is 14. The molecule has 0 heterocycles. The second kappa shape index (κ2) is 22.8. The van der Waals surface area contributed by atoms with E-state index in [9.17, 15) is 71.4 Å². The number of amides is 2. The van der Waals surface area contributed by atoms with Gasteiger partial charge >= 0.3 is 40.4 Å². The van der Waals surface area contributed by atoms with Gasteiger partial charge in [0.05, 0.1) is 46.6 Å². The monoisotopic (exact) mass is 1130 g/mol. The summed E-state index contributed by atoms with van der Waals surface area (Å²) in [5.41, 5.74) is -9.23.